The van der Waals surface area contributed by atoms with Crippen LogP contribution >= 0.6 is 11.8 Å². The fraction of sp³-hybridized carbons (Fsp3) is 0.360. The number of fused-ring (bicyclic) bond motifs is 1. The second kappa shape index (κ2) is 10.7. The zero-order valence-electron chi connectivity index (χ0n) is 19.2. The highest BCUT2D eigenvalue weighted by Gasteiger charge is 2.22. The standard InChI is InChI=1S/C25H29N3O4S/c1-30-21-14-23(32-3)22(31-2)13-17(21)15-26-24(29)16-33-25-27-19-11-7-8-12-20(19)28(25)18-9-5-4-6-10-18/h4-6,9-10,13-14H,7-8,11-12,15-16H2,1-3H3,(H,26,29). The zero-order chi connectivity index (χ0) is 23.2. The topological polar surface area (TPSA) is 74.6 Å². The average Bonchev–Trinajstić information content (AvgIpc) is 3.24. The molecule has 0 saturated carbocycles. The third kappa shape index (κ3) is 5.11. The quantitative estimate of drug-likeness (QED) is 0.476. The Hall–Kier alpha value is -3.13. The molecule has 0 bridgehead atoms. The van der Waals surface area contributed by atoms with Gasteiger partial charge in [-0.05, 0) is 43.9 Å². The Balaban J connectivity index is 1.46. The van der Waals surface area contributed by atoms with Crippen molar-refractivity contribution < 1.29 is 19.0 Å². The maximum Gasteiger partial charge on any atom is 0.230 e. The van der Waals surface area contributed by atoms with Crippen molar-refractivity contribution in [2.45, 2.75) is 37.4 Å². The number of rotatable bonds is 9. The second-order valence-electron chi connectivity index (χ2n) is 7.75. The van der Waals surface area contributed by atoms with E-state index in [0.717, 1.165) is 41.4 Å². The first-order valence-corrected chi connectivity index (χ1v) is 12.0. The lowest BCUT2D eigenvalue weighted by molar-refractivity contribution is -0.118. The van der Waals surface area contributed by atoms with Gasteiger partial charge in [0, 0.05) is 29.6 Å². The van der Waals surface area contributed by atoms with Crippen LogP contribution in [0.25, 0.3) is 5.69 Å². The number of carbonyl (C=O) groups excluding carboxylic acids is 1. The molecule has 1 aliphatic rings. The summed E-state index contributed by atoms with van der Waals surface area (Å²) in [4.78, 5) is 17.6. The Morgan fingerprint density at radius 3 is 2.42 bits per heavy atom. The van der Waals surface area contributed by atoms with E-state index in [4.69, 9.17) is 19.2 Å². The predicted molar refractivity (Wildman–Crippen MR) is 129 cm³/mol. The number of carbonyl (C=O) groups is 1. The van der Waals surface area contributed by atoms with Crippen molar-refractivity contribution in [1.82, 2.24) is 14.9 Å². The largest absolute Gasteiger partial charge is 0.496 e. The molecule has 0 atom stereocenters. The summed E-state index contributed by atoms with van der Waals surface area (Å²) < 4.78 is 18.4. The normalized spacial score (nSPS) is 12.7. The van der Waals surface area contributed by atoms with Crippen LogP contribution in [0.3, 0.4) is 0 Å². The molecule has 0 spiro atoms. The van der Waals surface area contributed by atoms with Crippen LogP contribution in [-0.4, -0.2) is 42.5 Å². The van der Waals surface area contributed by atoms with Crippen LogP contribution in [-0.2, 0) is 24.2 Å². The van der Waals surface area contributed by atoms with E-state index in [9.17, 15) is 4.79 Å². The molecule has 0 aliphatic heterocycles. The van der Waals surface area contributed by atoms with Crippen LogP contribution in [0.4, 0.5) is 0 Å². The zero-order valence-corrected chi connectivity index (χ0v) is 20.0. The highest BCUT2D eigenvalue weighted by molar-refractivity contribution is 7.99. The Kier molecular flexibility index (Phi) is 7.44. The van der Waals surface area contributed by atoms with Gasteiger partial charge in [0.1, 0.15) is 5.75 Å². The third-order valence-electron chi connectivity index (χ3n) is 5.71. The van der Waals surface area contributed by atoms with Crippen molar-refractivity contribution in [2.75, 3.05) is 27.1 Å². The smallest absolute Gasteiger partial charge is 0.230 e. The molecule has 0 unspecified atom stereocenters. The first kappa shape index (κ1) is 23.0. The number of methoxy groups -OCH3 is 3. The second-order valence-corrected chi connectivity index (χ2v) is 8.69. The van der Waals surface area contributed by atoms with Gasteiger partial charge in [-0.3, -0.25) is 9.36 Å². The van der Waals surface area contributed by atoms with Gasteiger partial charge in [-0.15, -0.1) is 0 Å². The third-order valence-corrected chi connectivity index (χ3v) is 6.65. The summed E-state index contributed by atoms with van der Waals surface area (Å²) in [5, 5.41) is 3.85. The summed E-state index contributed by atoms with van der Waals surface area (Å²) in [7, 11) is 4.75. The van der Waals surface area contributed by atoms with E-state index in [-0.39, 0.29) is 11.7 Å². The van der Waals surface area contributed by atoms with Crippen molar-refractivity contribution in [1.29, 1.82) is 0 Å². The van der Waals surface area contributed by atoms with E-state index >= 15 is 0 Å². The van der Waals surface area contributed by atoms with Gasteiger partial charge in [0.05, 0.1) is 32.8 Å². The SMILES string of the molecule is COc1cc(OC)c(OC)cc1CNC(=O)CSc1nc2c(n1-c1ccccc1)CCCC2. The summed E-state index contributed by atoms with van der Waals surface area (Å²) in [5.41, 5.74) is 4.33. The van der Waals surface area contributed by atoms with Crippen LogP contribution in [0.15, 0.2) is 47.6 Å². The van der Waals surface area contributed by atoms with E-state index < -0.39 is 0 Å². The van der Waals surface area contributed by atoms with E-state index in [0.29, 0.717) is 23.8 Å². The van der Waals surface area contributed by atoms with Gasteiger partial charge in [0.25, 0.3) is 0 Å². The molecule has 4 rings (SSSR count). The number of ether oxygens (including phenoxy) is 3. The number of nitrogens with zero attached hydrogens (tertiary/aromatic N) is 2. The number of para-hydroxylation sites is 1. The Labute approximate surface area is 198 Å². The number of hydrogen-bond donors (Lipinski definition) is 1. The molecule has 1 amide bonds. The molecule has 1 aromatic heterocycles. The fourth-order valence-electron chi connectivity index (χ4n) is 4.06. The molecule has 0 fully saturated rings. The summed E-state index contributed by atoms with van der Waals surface area (Å²) in [6, 6.07) is 13.8. The Bertz CT molecular complexity index is 1110. The number of hydrogen-bond acceptors (Lipinski definition) is 6. The average molecular weight is 468 g/mol. The Morgan fingerprint density at radius 1 is 1.00 bits per heavy atom. The minimum Gasteiger partial charge on any atom is -0.496 e. The van der Waals surface area contributed by atoms with Gasteiger partial charge >= 0.3 is 0 Å². The number of benzene rings is 2. The monoisotopic (exact) mass is 467 g/mol. The molecule has 7 nitrogen and oxygen atoms in total. The van der Waals surface area contributed by atoms with Gasteiger partial charge in [0.15, 0.2) is 16.7 Å². The van der Waals surface area contributed by atoms with Gasteiger partial charge < -0.3 is 19.5 Å². The molecule has 3 aromatic rings. The molecule has 1 heterocycles. The lowest BCUT2D eigenvalue weighted by atomic mass is 10.0. The molecule has 0 radical (unpaired) electrons. The van der Waals surface area contributed by atoms with Gasteiger partial charge in [0.2, 0.25) is 5.91 Å². The number of aryl methyl sites for hydroxylation is 1. The van der Waals surface area contributed by atoms with Crippen molar-refractivity contribution in [3.63, 3.8) is 0 Å². The lowest BCUT2D eigenvalue weighted by Gasteiger charge is -2.15. The van der Waals surface area contributed by atoms with E-state index in [2.05, 4.69) is 22.0 Å². The predicted octanol–water partition coefficient (Wildman–Crippen LogP) is 4.19. The molecule has 2 aromatic carbocycles. The highest BCUT2D eigenvalue weighted by Crippen LogP contribution is 2.35. The summed E-state index contributed by atoms with van der Waals surface area (Å²) in [6.45, 7) is 0.326. The van der Waals surface area contributed by atoms with Gasteiger partial charge in [-0.1, -0.05) is 30.0 Å². The first-order valence-electron chi connectivity index (χ1n) is 11.0. The molecular formula is C25H29N3O4S. The number of thioether (sulfide) groups is 1. The molecule has 174 valence electrons. The van der Waals surface area contributed by atoms with Crippen molar-refractivity contribution in [3.8, 4) is 22.9 Å². The van der Waals surface area contributed by atoms with Crippen LogP contribution < -0.4 is 19.5 Å². The summed E-state index contributed by atoms with van der Waals surface area (Å²) in [6.07, 6.45) is 4.34. The summed E-state index contributed by atoms with van der Waals surface area (Å²) in [5.74, 6) is 2.01. The van der Waals surface area contributed by atoms with Gasteiger partial charge in [-0.2, -0.15) is 0 Å². The summed E-state index contributed by atoms with van der Waals surface area (Å²) >= 11 is 1.47. The van der Waals surface area contributed by atoms with Crippen molar-refractivity contribution >= 4 is 17.7 Å². The number of nitrogens with one attached hydrogen (secondary N) is 1. The number of imidazole rings is 1. The van der Waals surface area contributed by atoms with Crippen LogP contribution in [0.5, 0.6) is 17.2 Å². The maximum absolute atomic E-state index is 12.7. The molecule has 0 saturated heterocycles. The van der Waals surface area contributed by atoms with Crippen molar-refractivity contribution in [3.05, 3.63) is 59.4 Å². The van der Waals surface area contributed by atoms with E-state index in [1.807, 2.05) is 24.3 Å². The van der Waals surface area contributed by atoms with Gasteiger partial charge in [-0.25, -0.2) is 4.98 Å². The van der Waals surface area contributed by atoms with Crippen LogP contribution in [0, 0.1) is 0 Å². The first-order chi connectivity index (χ1) is 16.1. The molecule has 1 N–H and O–H groups in total. The van der Waals surface area contributed by atoms with Crippen LogP contribution in [0.2, 0.25) is 0 Å². The van der Waals surface area contributed by atoms with Crippen molar-refractivity contribution in [2.24, 2.45) is 0 Å². The van der Waals surface area contributed by atoms with E-state index in [1.54, 1.807) is 27.4 Å². The Morgan fingerprint density at radius 2 is 1.70 bits per heavy atom. The molecule has 33 heavy (non-hydrogen) atoms. The molecular weight excluding hydrogens is 438 g/mol. The minimum absolute atomic E-state index is 0.0718. The number of aromatic nitrogens is 2. The number of amides is 1. The minimum atomic E-state index is -0.0718. The van der Waals surface area contributed by atoms with Crippen LogP contribution in [0.1, 0.15) is 29.8 Å². The maximum atomic E-state index is 12.7. The lowest BCUT2D eigenvalue weighted by Crippen LogP contribution is -2.25. The highest BCUT2D eigenvalue weighted by atomic mass is 32.2. The molecule has 8 heteroatoms. The fourth-order valence-corrected chi connectivity index (χ4v) is 4.94. The molecule has 1 aliphatic carbocycles. The van der Waals surface area contributed by atoms with E-state index in [1.165, 1.54) is 23.9 Å².